The van der Waals surface area contributed by atoms with Crippen molar-refractivity contribution in [1.29, 1.82) is 0 Å². The van der Waals surface area contributed by atoms with Gasteiger partial charge in [0.15, 0.2) is 0 Å². The molecule has 31 heavy (non-hydrogen) atoms. The molecule has 0 spiro atoms. The molecule has 0 atom stereocenters. The smallest absolute Gasteiger partial charge is 0.255 e. The van der Waals surface area contributed by atoms with Crippen LogP contribution in [0.4, 0.5) is 11.8 Å². The van der Waals surface area contributed by atoms with Gasteiger partial charge in [-0.25, -0.2) is 4.98 Å². The van der Waals surface area contributed by atoms with Gasteiger partial charge in [0.05, 0.1) is 22.8 Å². The highest BCUT2D eigenvalue weighted by Crippen LogP contribution is 2.29. The molecule has 160 valence electrons. The Morgan fingerprint density at radius 3 is 2.45 bits per heavy atom. The maximum Gasteiger partial charge on any atom is 0.255 e. The molecular formula is C24H26ClN5O. The molecule has 0 fully saturated rings. The number of aromatic nitrogens is 2. The summed E-state index contributed by atoms with van der Waals surface area (Å²) in [7, 11) is 5.95. The number of benzene rings is 2. The van der Waals surface area contributed by atoms with E-state index in [0.29, 0.717) is 36.0 Å². The van der Waals surface area contributed by atoms with E-state index in [0.717, 1.165) is 23.6 Å². The number of carbonyl (C=O) groups excluding carboxylic acids is 1. The average molecular weight is 436 g/mol. The number of rotatable bonds is 5. The fraction of sp³-hybridized carbons (Fsp3) is 0.292. The van der Waals surface area contributed by atoms with Crippen LogP contribution in [-0.2, 0) is 19.5 Å². The Morgan fingerprint density at radius 2 is 1.74 bits per heavy atom. The molecule has 0 radical (unpaired) electrons. The zero-order valence-corrected chi connectivity index (χ0v) is 18.8. The van der Waals surface area contributed by atoms with Crippen molar-refractivity contribution in [1.82, 2.24) is 14.9 Å². The molecule has 2 aromatic carbocycles. The van der Waals surface area contributed by atoms with Crippen LogP contribution < -0.4 is 9.80 Å². The van der Waals surface area contributed by atoms with E-state index in [4.69, 9.17) is 21.6 Å². The number of hydrogen-bond donors (Lipinski definition) is 0. The minimum Gasteiger partial charge on any atom is -0.362 e. The largest absolute Gasteiger partial charge is 0.362 e. The number of amides is 1. The number of carbonyl (C=O) groups is 1. The van der Waals surface area contributed by atoms with Crippen molar-refractivity contribution >= 4 is 29.3 Å². The number of fused-ring (bicyclic) bond motifs is 1. The van der Waals surface area contributed by atoms with Crippen LogP contribution in [0, 0.1) is 0 Å². The van der Waals surface area contributed by atoms with E-state index in [1.807, 2.05) is 61.3 Å². The zero-order valence-electron chi connectivity index (χ0n) is 18.0. The van der Waals surface area contributed by atoms with Gasteiger partial charge in [0, 0.05) is 46.2 Å². The molecule has 0 aliphatic carbocycles. The van der Waals surface area contributed by atoms with E-state index in [-0.39, 0.29) is 5.91 Å². The predicted molar refractivity (Wildman–Crippen MR) is 125 cm³/mol. The van der Waals surface area contributed by atoms with Crippen LogP contribution >= 0.6 is 11.6 Å². The lowest BCUT2D eigenvalue weighted by atomic mass is 10.0. The normalized spacial score (nSPS) is 13.0. The minimum absolute atomic E-state index is 0.0637. The molecule has 4 rings (SSSR count). The van der Waals surface area contributed by atoms with Crippen LogP contribution in [0.1, 0.15) is 27.2 Å². The van der Waals surface area contributed by atoms with E-state index in [1.54, 1.807) is 12.1 Å². The third-order valence-corrected chi connectivity index (χ3v) is 5.78. The standard InChI is InChI=1S/C24H26ClN5O/c1-28(2)22-19-16-30(23(31)18-11-7-8-12-20(18)25)14-13-21(19)26-24(27-22)29(3)15-17-9-5-4-6-10-17/h4-12H,13-16H2,1-3H3. The van der Waals surface area contributed by atoms with Crippen LogP contribution in [-0.4, -0.2) is 48.5 Å². The van der Waals surface area contributed by atoms with Crippen molar-refractivity contribution in [2.45, 2.75) is 19.5 Å². The number of halogens is 1. The maximum atomic E-state index is 13.1. The van der Waals surface area contributed by atoms with Crippen LogP contribution in [0.2, 0.25) is 5.02 Å². The Morgan fingerprint density at radius 1 is 1.03 bits per heavy atom. The van der Waals surface area contributed by atoms with Gasteiger partial charge >= 0.3 is 0 Å². The lowest BCUT2D eigenvalue weighted by Gasteiger charge is -2.32. The first-order valence-electron chi connectivity index (χ1n) is 10.3. The second-order valence-electron chi connectivity index (χ2n) is 7.97. The first kappa shape index (κ1) is 21.1. The van der Waals surface area contributed by atoms with E-state index >= 15 is 0 Å². The molecule has 1 aromatic heterocycles. The Labute approximate surface area is 188 Å². The molecule has 0 bridgehead atoms. The van der Waals surface area contributed by atoms with Gasteiger partial charge in [0.25, 0.3) is 5.91 Å². The highest BCUT2D eigenvalue weighted by atomic mass is 35.5. The van der Waals surface area contributed by atoms with Crippen LogP contribution in [0.5, 0.6) is 0 Å². The fourth-order valence-corrected chi connectivity index (χ4v) is 4.05. The first-order valence-corrected chi connectivity index (χ1v) is 10.7. The van der Waals surface area contributed by atoms with Gasteiger partial charge in [0.1, 0.15) is 5.82 Å². The summed E-state index contributed by atoms with van der Waals surface area (Å²) < 4.78 is 0. The molecule has 0 N–H and O–H groups in total. The number of anilines is 2. The molecule has 6 nitrogen and oxygen atoms in total. The molecule has 0 saturated carbocycles. The molecule has 7 heteroatoms. The summed E-state index contributed by atoms with van der Waals surface area (Å²) in [5, 5.41) is 0.472. The predicted octanol–water partition coefficient (Wildman–Crippen LogP) is 4.03. The second kappa shape index (κ2) is 8.94. The van der Waals surface area contributed by atoms with E-state index in [2.05, 4.69) is 17.0 Å². The molecule has 0 saturated heterocycles. The quantitative estimate of drug-likeness (QED) is 0.605. The molecular weight excluding hydrogens is 410 g/mol. The zero-order chi connectivity index (χ0) is 22.0. The van der Waals surface area contributed by atoms with Crippen molar-refractivity contribution in [2.75, 3.05) is 37.5 Å². The summed E-state index contributed by atoms with van der Waals surface area (Å²) in [5.41, 5.74) is 3.72. The second-order valence-corrected chi connectivity index (χ2v) is 8.37. The number of nitrogens with zero attached hydrogens (tertiary/aromatic N) is 5. The van der Waals surface area contributed by atoms with Gasteiger partial charge < -0.3 is 14.7 Å². The van der Waals surface area contributed by atoms with Gasteiger partial charge in [-0.1, -0.05) is 54.1 Å². The van der Waals surface area contributed by atoms with Crippen molar-refractivity contribution in [3.63, 3.8) is 0 Å². The summed E-state index contributed by atoms with van der Waals surface area (Å²) in [4.78, 5) is 28.6. The van der Waals surface area contributed by atoms with Crippen LogP contribution in [0.3, 0.4) is 0 Å². The van der Waals surface area contributed by atoms with E-state index in [1.165, 1.54) is 5.56 Å². The molecule has 1 amide bonds. The van der Waals surface area contributed by atoms with Crippen molar-refractivity contribution in [2.24, 2.45) is 0 Å². The highest BCUT2D eigenvalue weighted by molar-refractivity contribution is 6.33. The summed E-state index contributed by atoms with van der Waals surface area (Å²) in [6, 6.07) is 17.5. The molecule has 1 aliphatic heterocycles. The van der Waals surface area contributed by atoms with Gasteiger partial charge in [-0.2, -0.15) is 4.98 Å². The maximum absolute atomic E-state index is 13.1. The molecule has 0 unspecified atom stereocenters. The van der Waals surface area contributed by atoms with Gasteiger partial charge in [-0.15, -0.1) is 0 Å². The lowest BCUT2D eigenvalue weighted by molar-refractivity contribution is 0.0734. The summed E-state index contributed by atoms with van der Waals surface area (Å²) in [6.45, 7) is 1.79. The lowest BCUT2D eigenvalue weighted by Crippen LogP contribution is -2.38. The van der Waals surface area contributed by atoms with Crippen molar-refractivity contribution in [3.8, 4) is 0 Å². The van der Waals surface area contributed by atoms with Crippen molar-refractivity contribution in [3.05, 3.63) is 82.0 Å². The first-order chi connectivity index (χ1) is 14.9. The van der Waals surface area contributed by atoms with Gasteiger partial charge in [-0.05, 0) is 17.7 Å². The fourth-order valence-electron chi connectivity index (χ4n) is 3.83. The summed E-state index contributed by atoms with van der Waals surface area (Å²) in [5.74, 6) is 1.47. The molecule has 3 aromatic rings. The van der Waals surface area contributed by atoms with E-state index in [9.17, 15) is 4.79 Å². The van der Waals surface area contributed by atoms with Crippen LogP contribution in [0.25, 0.3) is 0 Å². The van der Waals surface area contributed by atoms with Crippen LogP contribution in [0.15, 0.2) is 54.6 Å². The SMILES string of the molecule is CN(C)c1nc(N(C)Cc2ccccc2)nc2c1CN(C(=O)c1ccccc1Cl)CC2. The highest BCUT2D eigenvalue weighted by Gasteiger charge is 2.28. The third-order valence-electron chi connectivity index (χ3n) is 5.45. The number of hydrogen-bond acceptors (Lipinski definition) is 5. The minimum atomic E-state index is -0.0637. The monoisotopic (exact) mass is 435 g/mol. The molecule has 2 heterocycles. The van der Waals surface area contributed by atoms with E-state index < -0.39 is 0 Å². The molecule has 1 aliphatic rings. The summed E-state index contributed by atoms with van der Waals surface area (Å²) in [6.07, 6.45) is 0.682. The Bertz CT molecular complexity index is 1090. The Hall–Kier alpha value is -3.12. The van der Waals surface area contributed by atoms with Gasteiger partial charge in [0.2, 0.25) is 5.95 Å². The van der Waals surface area contributed by atoms with Gasteiger partial charge in [-0.3, -0.25) is 4.79 Å². The topological polar surface area (TPSA) is 52.6 Å². The Balaban J connectivity index is 1.61. The summed E-state index contributed by atoms with van der Waals surface area (Å²) >= 11 is 6.26. The van der Waals surface area contributed by atoms with Crippen molar-refractivity contribution < 1.29 is 4.79 Å². The Kier molecular flexibility index (Phi) is 6.09. The third kappa shape index (κ3) is 4.49. The average Bonchev–Trinajstić information content (AvgIpc) is 2.78.